The molecular weight excluding hydrogens is 408 g/mol. The van der Waals surface area contributed by atoms with E-state index in [-0.39, 0.29) is 28.9 Å². The highest BCUT2D eigenvalue weighted by atomic mass is 28.4. The molecule has 5 nitrogen and oxygen atoms in total. The molecule has 1 aromatic carbocycles. The van der Waals surface area contributed by atoms with Crippen LogP contribution in [0.5, 0.6) is 17.2 Å². The van der Waals surface area contributed by atoms with E-state index >= 15 is 0 Å². The normalized spacial score (nSPS) is 22.5. The molecule has 4 atom stereocenters. The summed E-state index contributed by atoms with van der Waals surface area (Å²) in [4.78, 5) is 11.5. The van der Waals surface area contributed by atoms with Crippen molar-refractivity contribution in [3.05, 3.63) is 16.7 Å². The molecule has 31 heavy (non-hydrogen) atoms. The fourth-order valence-electron chi connectivity index (χ4n) is 4.80. The first kappa shape index (κ1) is 25.7. The van der Waals surface area contributed by atoms with Crippen LogP contribution in [0, 0.1) is 12.8 Å². The van der Waals surface area contributed by atoms with Gasteiger partial charge in [0.15, 0.2) is 19.8 Å². The van der Waals surface area contributed by atoms with Gasteiger partial charge in [0.2, 0.25) is 0 Å². The van der Waals surface area contributed by atoms with Gasteiger partial charge in [0, 0.05) is 29.0 Å². The number of hydrogen-bond donors (Lipinski definition) is 0. The number of methoxy groups -OCH3 is 3. The van der Waals surface area contributed by atoms with Gasteiger partial charge >= 0.3 is 0 Å². The third-order valence-corrected chi connectivity index (χ3v) is 11.9. The number of aldehydes is 1. The van der Waals surface area contributed by atoms with Crippen molar-refractivity contribution in [2.45, 2.75) is 90.5 Å². The minimum absolute atomic E-state index is 0.0183. The molecule has 0 saturated heterocycles. The van der Waals surface area contributed by atoms with Crippen LogP contribution in [-0.4, -0.2) is 42.0 Å². The number of ether oxygens (including phenoxy) is 3. The molecule has 0 heterocycles. The quantitative estimate of drug-likeness (QED) is 0.347. The Labute approximate surface area is 189 Å². The maximum Gasteiger partial charge on any atom is 0.192 e. The molecule has 1 aromatic rings. The molecule has 1 aliphatic rings. The van der Waals surface area contributed by atoms with Gasteiger partial charge in [-0.25, -0.2) is 0 Å². The van der Waals surface area contributed by atoms with Gasteiger partial charge in [-0.05, 0) is 43.3 Å². The summed E-state index contributed by atoms with van der Waals surface area (Å²) in [5.74, 6) is 2.69. The van der Waals surface area contributed by atoms with E-state index in [1.54, 1.807) is 21.3 Å². The second-order valence-electron chi connectivity index (χ2n) is 10.5. The number of rotatable bonds is 8. The lowest BCUT2D eigenvalue weighted by molar-refractivity contribution is -0.108. The number of carbonyl (C=O) groups is 1. The SMILES string of the molecule is COc1c(C)c(OC)c2c(c1OC)[C@@H](C)C[C@H](O[Si](C)(C)C(C)(C)C)[C@@H]2[C@@H](C)CC=O. The second-order valence-corrected chi connectivity index (χ2v) is 15.3. The van der Waals surface area contributed by atoms with Crippen LogP contribution in [-0.2, 0) is 9.22 Å². The molecule has 2 rings (SSSR count). The summed E-state index contributed by atoms with van der Waals surface area (Å²) >= 11 is 0. The zero-order valence-electron chi connectivity index (χ0n) is 21.3. The van der Waals surface area contributed by atoms with Gasteiger partial charge in [0.25, 0.3) is 0 Å². The Balaban J connectivity index is 2.80. The zero-order chi connectivity index (χ0) is 23.7. The monoisotopic (exact) mass is 450 g/mol. The Bertz CT molecular complexity index is 796. The number of carbonyl (C=O) groups excluding carboxylic acids is 1. The fraction of sp³-hybridized carbons (Fsp3) is 0.720. The van der Waals surface area contributed by atoms with E-state index in [4.69, 9.17) is 18.6 Å². The highest BCUT2D eigenvalue weighted by molar-refractivity contribution is 6.74. The second kappa shape index (κ2) is 9.53. The molecule has 0 radical (unpaired) electrons. The summed E-state index contributed by atoms with van der Waals surface area (Å²) in [6.07, 6.45) is 2.39. The summed E-state index contributed by atoms with van der Waals surface area (Å²) in [6, 6.07) is 0. The number of hydrogen-bond acceptors (Lipinski definition) is 5. The first-order valence-corrected chi connectivity index (χ1v) is 14.2. The molecule has 0 spiro atoms. The number of fused-ring (bicyclic) bond motifs is 1. The van der Waals surface area contributed by atoms with Crippen molar-refractivity contribution in [3.8, 4) is 17.2 Å². The van der Waals surface area contributed by atoms with Gasteiger partial charge < -0.3 is 23.4 Å². The predicted molar refractivity (Wildman–Crippen MR) is 129 cm³/mol. The summed E-state index contributed by atoms with van der Waals surface area (Å²) in [5, 5.41) is 0.104. The molecule has 176 valence electrons. The largest absolute Gasteiger partial charge is 0.496 e. The molecule has 0 unspecified atom stereocenters. The minimum Gasteiger partial charge on any atom is -0.496 e. The smallest absolute Gasteiger partial charge is 0.192 e. The van der Waals surface area contributed by atoms with Crippen molar-refractivity contribution < 1.29 is 23.4 Å². The summed E-state index contributed by atoms with van der Waals surface area (Å²) in [5.41, 5.74) is 3.16. The van der Waals surface area contributed by atoms with E-state index in [2.05, 4.69) is 47.7 Å². The zero-order valence-corrected chi connectivity index (χ0v) is 22.3. The molecule has 0 N–H and O–H groups in total. The van der Waals surface area contributed by atoms with Gasteiger partial charge in [-0.15, -0.1) is 0 Å². The molecular formula is C25H42O5Si. The van der Waals surface area contributed by atoms with Crippen molar-refractivity contribution in [2.24, 2.45) is 5.92 Å². The van der Waals surface area contributed by atoms with E-state index in [9.17, 15) is 4.79 Å². The Morgan fingerprint density at radius 1 is 1.03 bits per heavy atom. The summed E-state index contributed by atoms with van der Waals surface area (Å²) in [6.45, 7) is 17.8. The average Bonchev–Trinajstić information content (AvgIpc) is 2.66. The molecule has 0 fully saturated rings. The van der Waals surface area contributed by atoms with Crippen LogP contribution >= 0.6 is 0 Å². The third-order valence-electron chi connectivity index (χ3n) is 7.42. The molecule has 0 aliphatic heterocycles. The first-order valence-electron chi connectivity index (χ1n) is 11.3. The van der Waals surface area contributed by atoms with E-state index in [1.165, 1.54) is 0 Å². The fourth-order valence-corrected chi connectivity index (χ4v) is 6.15. The van der Waals surface area contributed by atoms with E-state index in [1.807, 2.05) is 6.92 Å². The lowest BCUT2D eigenvalue weighted by atomic mass is 9.69. The number of benzene rings is 1. The van der Waals surface area contributed by atoms with Crippen molar-refractivity contribution in [2.75, 3.05) is 21.3 Å². The molecule has 1 aliphatic carbocycles. The summed E-state index contributed by atoms with van der Waals surface area (Å²) in [7, 11) is 3.05. The third kappa shape index (κ3) is 4.65. The highest BCUT2D eigenvalue weighted by Crippen LogP contribution is 2.57. The lowest BCUT2D eigenvalue weighted by Gasteiger charge is -2.47. The van der Waals surface area contributed by atoms with Gasteiger partial charge in [0.05, 0.1) is 27.4 Å². The predicted octanol–water partition coefficient (Wildman–Crippen LogP) is 6.23. The van der Waals surface area contributed by atoms with Crippen molar-refractivity contribution >= 4 is 14.6 Å². The van der Waals surface area contributed by atoms with E-state index in [0.717, 1.165) is 46.6 Å². The average molecular weight is 451 g/mol. The summed E-state index contributed by atoms with van der Waals surface area (Å²) < 4.78 is 24.6. The molecule has 0 aromatic heterocycles. The van der Waals surface area contributed by atoms with Crippen molar-refractivity contribution in [3.63, 3.8) is 0 Å². The first-order chi connectivity index (χ1) is 14.4. The van der Waals surface area contributed by atoms with Gasteiger partial charge in [-0.2, -0.15) is 0 Å². The Hall–Kier alpha value is -1.53. The van der Waals surface area contributed by atoms with Crippen molar-refractivity contribution in [1.82, 2.24) is 0 Å². The maximum absolute atomic E-state index is 11.5. The Kier molecular flexibility index (Phi) is 7.91. The van der Waals surface area contributed by atoms with Crippen LogP contribution in [0.3, 0.4) is 0 Å². The van der Waals surface area contributed by atoms with Crippen LogP contribution in [0.15, 0.2) is 0 Å². The minimum atomic E-state index is -2.02. The van der Waals surface area contributed by atoms with Gasteiger partial charge in [-0.3, -0.25) is 0 Å². The van der Waals surface area contributed by atoms with Crippen LogP contribution in [0.2, 0.25) is 18.1 Å². The molecule has 0 saturated carbocycles. The topological polar surface area (TPSA) is 54.0 Å². The molecule has 0 amide bonds. The molecule has 6 heteroatoms. The van der Waals surface area contributed by atoms with Crippen LogP contribution in [0.1, 0.15) is 76.0 Å². The Morgan fingerprint density at radius 2 is 1.58 bits per heavy atom. The maximum atomic E-state index is 11.5. The standard InChI is InChI=1S/C25H42O5Si/c1-15(12-13-26)19-18(30-31(10,11)25(4,5)6)14-16(2)20-21(19)22(27-7)17(3)23(28-8)24(20)29-9/h13,15-16,18-19H,12,14H2,1-11H3/t15-,16-,18-,19-/m0/s1. The molecule has 0 bridgehead atoms. The highest BCUT2D eigenvalue weighted by Gasteiger charge is 2.47. The van der Waals surface area contributed by atoms with Crippen LogP contribution in [0.25, 0.3) is 0 Å². The van der Waals surface area contributed by atoms with Crippen LogP contribution in [0.4, 0.5) is 0 Å². The van der Waals surface area contributed by atoms with E-state index in [0.29, 0.717) is 6.42 Å². The van der Waals surface area contributed by atoms with Gasteiger partial charge in [0.1, 0.15) is 12.0 Å². The Morgan fingerprint density at radius 3 is 2.03 bits per heavy atom. The van der Waals surface area contributed by atoms with Crippen molar-refractivity contribution in [1.29, 1.82) is 0 Å². The van der Waals surface area contributed by atoms with Crippen LogP contribution < -0.4 is 14.2 Å². The lowest BCUT2D eigenvalue weighted by Crippen LogP contribution is -2.47. The van der Waals surface area contributed by atoms with E-state index < -0.39 is 8.32 Å². The van der Waals surface area contributed by atoms with Gasteiger partial charge in [-0.1, -0.05) is 34.6 Å².